The van der Waals surface area contributed by atoms with Crippen LogP contribution in [0.5, 0.6) is 0 Å². The van der Waals surface area contributed by atoms with E-state index in [1.165, 1.54) is 40.7 Å². The van der Waals surface area contributed by atoms with Crippen molar-refractivity contribution in [2.45, 2.75) is 14.7 Å². The molecular formula is C17H18FN3O4S2. The first kappa shape index (κ1) is 19.7. The molecule has 2 aromatic rings. The Bertz CT molecular complexity index is 943. The van der Waals surface area contributed by atoms with Crippen molar-refractivity contribution in [3.63, 3.8) is 0 Å². The molecule has 7 nitrogen and oxygen atoms in total. The lowest BCUT2D eigenvalue weighted by molar-refractivity contribution is -0.388. The fraction of sp³-hybridized carbons (Fsp3) is 0.294. The molecule has 1 aliphatic heterocycles. The Hall–Kier alpha value is -2.01. The highest BCUT2D eigenvalue weighted by atomic mass is 32.2. The number of likely N-dealkylation sites (N-methyl/N-ethyl adjacent to an activating group) is 1. The van der Waals surface area contributed by atoms with Crippen LogP contribution in [-0.4, -0.2) is 55.8 Å². The number of rotatable bonds is 5. The number of nitrogens with zero attached hydrogens (tertiary/aromatic N) is 3. The van der Waals surface area contributed by atoms with Crippen molar-refractivity contribution in [1.29, 1.82) is 0 Å². The van der Waals surface area contributed by atoms with E-state index in [2.05, 4.69) is 0 Å². The second-order valence-electron chi connectivity index (χ2n) is 6.15. The van der Waals surface area contributed by atoms with Crippen molar-refractivity contribution in [2.75, 3.05) is 33.2 Å². The Labute approximate surface area is 161 Å². The zero-order chi connectivity index (χ0) is 19.6. The van der Waals surface area contributed by atoms with E-state index in [0.717, 1.165) is 17.8 Å². The first-order chi connectivity index (χ1) is 12.8. The number of hydrogen-bond acceptors (Lipinski definition) is 6. The van der Waals surface area contributed by atoms with Gasteiger partial charge in [0.25, 0.3) is 5.69 Å². The fourth-order valence-corrected chi connectivity index (χ4v) is 5.04. The summed E-state index contributed by atoms with van der Waals surface area (Å²) >= 11 is 1.08. The van der Waals surface area contributed by atoms with Crippen LogP contribution in [0.15, 0.2) is 57.2 Å². The number of halogens is 1. The van der Waals surface area contributed by atoms with Gasteiger partial charge in [0, 0.05) is 37.1 Å². The van der Waals surface area contributed by atoms with Crippen molar-refractivity contribution < 1.29 is 17.7 Å². The average Bonchev–Trinajstić information content (AvgIpc) is 2.64. The van der Waals surface area contributed by atoms with Crippen molar-refractivity contribution in [3.05, 3.63) is 58.4 Å². The van der Waals surface area contributed by atoms with Crippen molar-refractivity contribution >= 4 is 27.5 Å². The van der Waals surface area contributed by atoms with E-state index >= 15 is 0 Å². The highest BCUT2D eigenvalue weighted by molar-refractivity contribution is 7.99. The highest BCUT2D eigenvalue weighted by Gasteiger charge is 2.29. The number of benzene rings is 2. The number of sulfonamides is 1. The monoisotopic (exact) mass is 411 g/mol. The second-order valence-corrected chi connectivity index (χ2v) is 9.20. The molecule has 0 radical (unpaired) electrons. The Morgan fingerprint density at radius 2 is 1.70 bits per heavy atom. The van der Waals surface area contributed by atoms with Gasteiger partial charge in [-0.05, 0) is 43.4 Å². The summed E-state index contributed by atoms with van der Waals surface area (Å²) in [6.45, 7) is 1.91. The molecule has 0 N–H and O–H groups in total. The predicted octanol–water partition coefficient (Wildman–Crippen LogP) is 2.82. The fourth-order valence-electron chi connectivity index (χ4n) is 2.69. The molecule has 1 heterocycles. The molecule has 1 fully saturated rings. The topological polar surface area (TPSA) is 83.8 Å². The van der Waals surface area contributed by atoms with Gasteiger partial charge in [-0.2, -0.15) is 4.31 Å². The molecule has 0 unspecified atom stereocenters. The minimum atomic E-state index is -3.79. The minimum absolute atomic E-state index is 0.0952. The molecule has 0 spiro atoms. The summed E-state index contributed by atoms with van der Waals surface area (Å²) in [6.07, 6.45) is 0. The van der Waals surface area contributed by atoms with Crippen LogP contribution >= 0.6 is 11.8 Å². The molecule has 10 heteroatoms. The Morgan fingerprint density at radius 1 is 1.07 bits per heavy atom. The SMILES string of the molecule is CN1CCN(S(=O)(=O)c2ccc(Sc3ccc(F)cc3)c([N+](=O)[O-])c2)CC1. The van der Waals surface area contributed by atoms with Gasteiger partial charge in [0.2, 0.25) is 10.0 Å². The molecule has 0 amide bonds. The number of nitro benzene ring substituents is 1. The van der Waals surface area contributed by atoms with Gasteiger partial charge in [-0.1, -0.05) is 11.8 Å². The van der Waals surface area contributed by atoms with E-state index in [1.54, 1.807) is 0 Å². The molecule has 0 atom stereocenters. The smallest absolute Gasteiger partial charge is 0.284 e. The molecule has 27 heavy (non-hydrogen) atoms. The summed E-state index contributed by atoms with van der Waals surface area (Å²) in [5, 5.41) is 11.5. The lowest BCUT2D eigenvalue weighted by Gasteiger charge is -2.31. The van der Waals surface area contributed by atoms with Crippen LogP contribution in [0.4, 0.5) is 10.1 Å². The van der Waals surface area contributed by atoms with Crippen molar-refractivity contribution in [2.24, 2.45) is 0 Å². The van der Waals surface area contributed by atoms with Crippen LogP contribution in [0, 0.1) is 15.9 Å². The number of piperazine rings is 1. The average molecular weight is 411 g/mol. The molecule has 0 saturated carbocycles. The first-order valence-corrected chi connectivity index (χ1v) is 10.4. The summed E-state index contributed by atoms with van der Waals surface area (Å²) in [5.74, 6) is -0.400. The van der Waals surface area contributed by atoms with E-state index in [1.807, 2.05) is 11.9 Å². The molecule has 2 aromatic carbocycles. The van der Waals surface area contributed by atoms with Crippen molar-refractivity contribution in [1.82, 2.24) is 9.21 Å². The van der Waals surface area contributed by atoms with Gasteiger partial charge in [0.05, 0.1) is 14.7 Å². The van der Waals surface area contributed by atoms with Gasteiger partial charge in [0.15, 0.2) is 0 Å². The van der Waals surface area contributed by atoms with E-state index in [9.17, 15) is 22.9 Å². The van der Waals surface area contributed by atoms with Gasteiger partial charge in [-0.3, -0.25) is 10.1 Å². The summed E-state index contributed by atoms with van der Waals surface area (Å²) in [4.78, 5) is 13.7. The van der Waals surface area contributed by atoms with E-state index in [0.29, 0.717) is 36.0 Å². The third-order valence-electron chi connectivity index (χ3n) is 4.27. The molecule has 144 valence electrons. The molecule has 0 aliphatic carbocycles. The van der Waals surface area contributed by atoms with Crippen LogP contribution in [0.2, 0.25) is 0 Å². The molecule has 0 aromatic heterocycles. The highest BCUT2D eigenvalue weighted by Crippen LogP contribution is 2.36. The van der Waals surface area contributed by atoms with Crippen LogP contribution < -0.4 is 0 Å². The third-order valence-corrected chi connectivity index (χ3v) is 7.24. The molecule has 3 rings (SSSR count). The lowest BCUT2D eigenvalue weighted by Crippen LogP contribution is -2.47. The van der Waals surface area contributed by atoms with Crippen LogP contribution in [0.3, 0.4) is 0 Å². The molecular weight excluding hydrogens is 393 g/mol. The number of hydrogen-bond donors (Lipinski definition) is 0. The van der Waals surface area contributed by atoms with Crippen molar-refractivity contribution in [3.8, 4) is 0 Å². The maximum absolute atomic E-state index is 13.0. The molecule has 1 saturated heterocycles. The van der Waals surface area contributed by atoms with Crippen LogP contribution in [0.1, 0.15) is 0 Å². The predicted molar refractivity (Wildman–Crippen MR) is 99.9 cm³/mol. The maximum Gasteiger partial charge on any atom is 0.284 e. The normalized spacial score (nSPS) is 16.4. The summed E-state index contributed by atoms with van der Waals surface area (Å²) in [5.41, 5.74) is -0.292. The summed E-state index contributed by atoms with van der Waals surface area (Å²) in [7, 11) is -1.88. The zero-order valence-corrected chi connectivity index (χ0v) is 16.2. The van der Waals surface area contributed by atoms with Crippen LogP contribution in [-0.2, 0) is 10.0 Å². The lowest BCUT2D eigenvalue weighted by atomic mass is 10.3. The van der Waals surface area contributed by atoms with E-state index < -0.39 is 20.8 Å². The minimum Gasteiger partial charge on any atom is -0.304 e. The van der Waals surface area contributed by atoms with Gasteiger partial charge >= 0.3 is 0 Å². The van der Waals surface area contributed by atoms with E-state index in [4.69, 9.17) is 0 Å². The van der Waals surface area contributed by atoms with Gasteiger partial charge in [-0.25, -0.2) is 12.8 Å². The Balaban J connectivity index is 1.91. The molecule has 1 aliphatic rings. The third kappa shape index (κ3) is 4.46. The standard InChI is InChI=1S/C17H18FN3O4S2/c1-19-8-10-20(11-9-19)27(24,25)15-6-7-17(16(12-15)21(22)23)26-14-4-2-13(18)3-5-14/h2-7,12H,8-11H2,1H3. The second kappa shape index (κ2) is 7.93. The number of nitro groups is 1. The summed E-state index contributed by atoms with van der Waals surface area (Å²) in [6, 6.07) is 9.46. The Morgan fingerprint density at radius 3 is 2.30 bits per heavy atom. The maximum atomic E-state index is 13.0. The van der Waals surface area contributed by atoms with Gasteiger partial charge < -0.3 is 4.90 Å². The van der Waals surface area contributed by atoms with Gasteiger partial charge in [-0.15, -0.1) is 0 Å². The van der Waals surface area contributed by atoms with Crippen LogP contribution in [0.25, 0.3) is 0 Å². The molecule has 0 bridgehead atoms. The zero-order valence-electron chi connectivity index (χ0n) is 14.5. The van der Waals surface area contributed by atoms with E-state index in [-0.39, 0.29) is 10.6 Å². The van der Waals surface area contributed by atoms with Gasteiger partial charge in [0.1, 0.15) is 5.82 Å². The summed E-state index contributed by atoms with van der Waals surface area (Å²) < 4.78 is 40.0. The largest absolute Gasteiger partial charge is 0.304 e. The quantitative estimate of drug-likeness (QED) is 0.556. The Kier molecular flexibility index (Phi) is 5.80. The first-order valence-electron chi connectivity index (χ1n) is 8.18.